The Hall–Kier alpha value is -1.18. The van der Waals surface area contributed by atoms with E-state index in [0.29, 0.717) is 0 Å². The van der Waals surface area contributed by atoms with Gasteiger partial charge in [0.1, 0.15) is 0 Å². The van der Waals surface area contributed by atoms with Gasteiger partial charge in [-0.15, -0.1) is 0 Å². The van der Waals surface area contributed by atoms with Crippen LogP contribution < -0.4 is 20.8 Å². The molecule has 29 heavy (non-hydrogen) atoms. The number of quaternary nitrogens is 2. The molecule has 0 fully saturated rings. The van der Waals surface area contributed by atoms with E-state index in [1.54, 1.807) is 0 Å². The second-order valence-electron chi connectivity index (χ2n) is 7.50. The SMILES string of the molecule is CCCCCCCC(=O)[O-].CCCCCCCC(=O)[O-].C[NH+](C)C.[NH3+]CCCO. The van der Waals surface area contributed by atoms with Crippen LogP contribution in [0.1, 0.15) is 97.3 Å². The van der Waals surface area contributed by atoms with Crippen LogP contribution in [0.25, 0.3) is 0 Å². The number of aliphatic hydroxyl groups is 1. The standard InChI is InChI=1S/2C8H16O2.C3H9NO.C3H9N/c2*1-2-3-4-5-6-7-8(9)10;4-2-1-3-5;1-4(2)3/h2*2-7H2,1H3,(H,9,10);5H,1-4H2;1-3H3. The van der Waals surface area contributed by atoms with Gasteiger partial charge in [0.2, 0.25) is 0 Å². The second-order valence-corrected chi connectivity index (χ2v) is 7.50. The van der Waals surface area contributed by atoms with Crippen LogP contribution in [0.3, 0.4) is 0 Å². The Bertz CT molecular complexity index is 285. The molecule has 0 spiro atoms. The lowest BCUT2D eigenvalue weighted by Crippen LogP contribution is -3.02. The van der Waals surface area contributed by atoms with Gasteiger partial charge in [-0.2, -0.15) is 0 Å². The van der Waals surface area contributed by atoms with Gasteiger partial charge in [0.05, 0.1) is 27.7 Å². The van der Waals surface area contributed by atoms with Crippen molar-refractivity contribution in [3.05, 3.63) is 0 Å². The van der Waals surface area contributed by atoms with Crippen LogP contribution in [0, 0.1) is 0 Å². The quantitative estimate of drug-likeness (QED) is 0.327. The highest BCUT2D eigenvalue weighted by molar-refractivity contribution is 5.64. The molecule has 0 aliphatic rings. The molecular formula is C22H50N2O5. The van der Waals surface area contributed by atoms with Gasteiger partial charge in [-0.1, -0.05) is 65.2 Å². The molecular weight excluding hydrogens is 372 g/mol. The molecule has 5 N–H and O–H groups in total. The molecule has 7 nitrogen and oxygen atoms in total. The summed E-state index contributed by atoms with van der Waals surface area (Å²) in [6.45, 7) is 5.40. The van der Waals surface area contributed by atoms with Crippen LogP contribution in [-0.2, 0) is 9.59 Å². The second kappa shape index (κ2) is 34.3. The van der Waals surface area contributed by atoms with E-state index in [9.17, 15) is 19.8 Å². The number of rotatable bonds is 14. The van der Waals surface area contributed by atoms with Gasteiger partial charge in [-0.05, 0) is 25.7 Å². The Morgan fingerprint density at radius 3 is 1.21 bits per heavy atom. The average Bonchev–Trinajstić information content (AvgIpc) is 2.62. The molecule has 0 saturated carbocycles. The number of carbonyl (C=O) groups excluding carboxylic acids is 2. The molecule has 0 heterocycles. The van der Waals surface area contributed by atoms with E-state index in [2.05, 4.69) is 40.7 Å². The van der Waals surface area contributed by atoms with Gasteiger partial charge in [-0.25, -0.2) is 0 Å². The summed E-state index contributed by atoms with van der Waals surface area (Å²) in [6.07, 6.45) is 12.0. The zero-order chi connectivity index (χ0) is 23.3. The third-order valence-electron chi connectivity index (χ3n) is 3.38. The summed E-state index contributed by atoms with van der Waals surface area (Å²) < 4.78 is 0. The predicted octanol–water partition coefficient (Wildman–Crippen LogP) is -0.435. The Morgan fingerprint density at radius 2 is 1.03 bits per heavy atom. The molecule has 0 saturated heterocycles. The van der Waals surface area contributed by atoms with E-state index in [4.69, 9.17) is 5.11 Å². The molecule has 0 aromatic carbocycles. The van der Waals surface area contributed by atoms with E-state index < -0.39 is 11.9 Å². The third-order valence-corrected chi connectivity index (χ3v) is 3.38. The molecule has 0 aromatic heterocycles. The first-order chi connectivity index (χ1) is 13.7. The van der Waals surface area contributed by atoms with Gasteiger partial charge in [0, 0.05) is 25.0 Å². The molecule has 178 valence electrons. The Morgan fingerprint density at radius 1 is 0.724 bits per heavy atom. The minimum Gasteiger partial charge on any atom is -0.550 e. The Kier molecular flexibility index (Phi) is 41.8. The fraction of sp³-hybridized carbons (Fsp3) is 0.909. The third kappa shape index (κ3) is 75.2. The molecule has 0 amide bonds. The maximum Gasteiger partial charge on any atom is 0.0762 e. The van der Waals surface area contributed by atoms with Gasteiger partial charge >= 0.3 is 0 Å². The Labute approximate surface area is 179 Å². The fourth-order valence-corrected chi connectivity index (χ4v) is 1.86. The van der Waals surface area contributed by atoms with Crippen molar-refractivity contribution in [2.75, 3.05) is 34.3 Å². The maximum atomic E-state index is 9.92. The van der Waals surface area contributed by atoms with Crippen molar-refractivity contribution in [1.29, 1.82) is 0 Å². The minimum atomic E-state index is -0.920. The largest absolute Gasteiger partial charge is 0.550 e. The lowest BCUT2D eigenvalue weighted by molar-refractivity contribution is -0.836. The number of nitrogens with one attached hydrogen (secondary N) is 1. The molecule has 0 unspecified atom stereocenters. The van der Waals surface area contributed by atoms with Crippen LogP contribution >= 0.6 is 0 Å². The van der Waals surface area contributed by atoms with E-state index in [0.717, 1.165) is 51.5 Å². The molecule has 0 bridgehead atoms. The summed E-state index contributed by atoms with van der Waals surface area (Å²) in [5.41, 5.74) is 3.52. The summed E-state index contributed by atoms with van der Waals surface area (Å²) in [7, 11) is 6.25. The van der Waals surface area contributed by atoms with Gasteiger partial charge in [0.25, 0.3) is 0 Å². The number of hydrogen-bond acceptors (Lipinski definition) is 5. The fourth-order valence-electron chi connectivity index (χ4n) is 1.86. The normalized spacial score (nSPS) is 9.38. The van der Waals surface area contributed by atoms with Crippen molar-refractivity contribution < 1.29 is 35.5 Å². The summed E-state index contributed by atoms with van der Waals surface area (Å²) >= 11 is 0. The van der Waals surface area contributed by atoms with E-state index >= 15 is 0 Å². The van der Waals surface area contributed by atoms with Crippen LogP contribution in [-0.4, -0.2) is 51.3 Å². The summed E-state index contributed by atoms with van der Waals surface area (Å²) in [5, 5.41) is 27.9. The number of aliphatic hydroxyl groups excluding tert-OH is 1. The number of hydrogen-bond donors (Lipinski definition) is 3. The number of carboxylic acids is 2. The van der Waals surface area contributed by atoms with Gasteiger partial charge in [-0.3, -0.25) is 0 Å². The molecule has 0 aliphatic heterocycles. The Balaban J connectivity index is -0.000000154. The van der Waals surface area contributed by atoms with Crippen molar-refractivity contribution in [2.24, 2.45) is 0 Å². The number of unbranched alkanes of at least 4 members (excludes halogenated alkanes) is 8. The summed E-state index contributed by atoms with van der Waals surface area (Å²) in [4.78, 5) is 21.3. The van der Waals surface area contributed by atoms with Crippen LogP contribution in [0.5, 0.6) is 0 Å². The van der Waals surface area contributed by atoms with Crippen LogP contribution in [0.4, 0.5) is 0 Å². The smallest absolute Gasteiger partial charge is 0.0762 e. The molecule has 0 radical (unpaired) electrons. The zero-order valence-electron chi connectivity index (χ0n) is 19.9. The lowest BCUT2D eigenvalue weighted by Gasteiger charge is -2.00. The number of carbonyl (C=O) groups is 2. The predicted molar refractivity (Wildman–Crippen MR) is 115 cm³/mol. The van der Waals surface area contributed by atoms with E-state index in [-0.39, 0.29) is 19.4 Å². The molecule has 7 heteroatoms. The highest BCUT2D eigenvalue weighted by Gasteiger charge is 1.89. The van der Waals surface area contributed by atoms with E-state index in [1.807, 2.05) is 0 Å². The van der Waals surface area contributed by atoms with Crippen molar-refractivity contribution in [3.63, 3.8) is 0 Å². The van der Waals surface area contributed by atoms with Crippen molar-refractivity contribution in [2.45, 2.75) is 97.3 Å². The zero-order valence-corrected chi connectivity index (χ0v) is 19.9. The summed E-state index contributed by atoms with van der Waals surface area (Å²) in [6, 6.07) is 0. The van der Waals surface area contributed by atoms with Crippen LogP contribution in [0.15, 0.2) is 0 Å². The van der Waals surface area contributed by atoms with Crippen LogP contribution in [0.2, 0.25) is 0 Å². The van der Waals surface area contributed by atoms with Gasteiger partial charge < -0.3 is 35.5 Å². The topological polar surface area (TPSA) is 133 Å². The van der Waals surface area contributed by atoms with Crippen molar-refractivity contribution >= 4 is 11.9 Å². The molecule has 0 aromatic rings. The van der Waals surface area contributed by atoms with E-state index in [1.165, 1.54) is 30.6 Å². The molecule has 0 rings (SSSR count). The average molecular weight is 423 g/mol. The van der Waals surface area contributed by atoms with Crippen molar-refractivity contribution in [1.82, 2.24) is 0 Å². The highest BCUT2D eigenvalue weighted by atomic mass is 16.4. The summed E-state index contributed by atoms with van der Waals surface area (Å²) in [5.74, 6) is -1.84. The number of carboxylic acid groups (broad SMARTS) is 2. The maximum absolute atomic E-state index is 9.92. The van der Waals surface area contributed by atoms with Gasteiger partial charge in [0.15, 0.2) is 0 Å². The monoisotopic (exact) mass is 422 g/mol. The minimum absolute atomic E-state index is 0.226. The first kappa shape index (κ1) is 35.3. The lowest BCUT2D eigenvalue weighted by atomic mass is 10.1. The first-order valence-corrected chi connectivity index (χ1v) is 11.3. The van der Waals surface area contributed by atoms with Crippen molar-refractivity contribution in [3.8, 4) is 0 Å². The first-order valence-electron chi connectivity index (χ1n) is 11.3. The highest BCUT2D eigenvalue weighted by Crippen LogP contribution is 2.04. The molecule has 0 aliphatic carbocycles. The molecule has 0 atom stereocenters. The number of aliphatic carboxylic acids is 2.